The molecule has 1 heteroatoms. The molecule has 1 rings (SSSR count). The molecule has 0 bridgehead atoms. The number of para-hydroxylation sites is 1. The smallest absolute Gasteiger partial charge is 0.0387 e. The van der Waals surface area contributed by atoms with Gasteiger partial charge in [-0.2, -0.15) is 0 Å². The second kappa shape index (κ2) is 11.8. The number of nitrogen functional groups attached to an aromatic ring is 1. The standard InChI is InChI=1S/C8H9N.C3H8.C2H6/c1-2-7-5-3-4-6-8(7)9;1-3-2;1-2/h2-6H,1,9H2;3H2,1-2H3;1-2H3. The molecular formula is C13H23N. The van der Waals surface area contributed by atoms with Gasteiger partial charge in [0.1, 0.15) is 0 Å². The van der Waals surface area contributed by atoms with Crippen LogP contribution in [0.25, 0.3) is 6.08 Å². The predicted octanol–water partition coefficient (Wildman–Crippen LogP) is 4.35. The first-order valence-electron chi connectivity index (χ1n) is 5.23. The number of hydrogen-bond acceptors (Lipinski definition) is 1. The first kappa shape index (κ1) is 15.2. The Morgan fingerprint density at radius 2 is 1.64 bits per heavy atom. The molecule has 0 amide bonds. The lowest BCUT2D eigenvalue weighted by molar-refractivity contribution is 1.09. The molecule has 80 valence electrons. The van der Waals surface area contributed by atoms with Gasteiger partial charge in [-0.1, -0.05) is 65.0 Å². The fourth-order valence-corrected chi connectivity index (χ4v) is 0.697. The summed E-state index contributed by atoms with van der Waals surface area (Å²) in [6.45, 7) is 11.9. The molecule has 14 heavy (non-hydrogen) atoms. The van der Waals surface area contributed by atoms with Crippen LogP contribution in [0.1, 0.15) is 39.7 Å². The largest absolute Gasteiger partial charge is 0.398 e. The van der Waals surface area contributed by atoms with Gasteiger partial charge >= 0.3 is 0 Å². The van der Waals surface area contributed by atoms with Gasteiger partial charge in [0.05, 0.1) is 0 Å². The third-order valence-electron chi connectivity index (χ3n) is 1.22. The van der Waals surface area contributed by atoms with Crippen molar-refractivity contribution < 1.29 is 0 Å². The van der Waals surface area contributed by atoms with E-state index >= 15 is 0 Å². The molecule has 0 radical (unpaired) electrons. The molecule has 0 aromatic heterocycles. The first-order chi connectivity index (χ1) is 6.76. The van der Waals surface area contributed by atoms with Crippen molar-refractivity contribution in [3.05, 3.63) is 36.4 Å². The highest BCUT2D eigenvalue weighted by atomic mass is 14.5. The molecule has 0 aliphatic heterocycles. The van der Waals surface area contributed by atoms with Gasteiger partial charge in [0.25, 0.3) is 0 Å². The summed E-state index contributed by atoms with van der Waals surface area (Å²) >= 11 is 0. The van der Waals surface area contributed by atoms with Gasteiger partial charge in [-0.15, -0.1) is 0 Å². The zero-order valence-corrected chi connectivity index (χ0v) is 9.88. The van der Waals surface area contributed by atoms with Gasteiger partial charge < -0.3 is 5.73 Å². The summed E-state index contributed by atoms with van der Waals surface area (Å²) in [6.07, 6.45) is 3.00. The van der Waals surface area contributed by atoms with Gasteiger partial charge in [0, 0.05) is 5.69 Å². The van der Waals surface area contributed by atoms with E-state index in [2.05, 4.69) is 20.4 Å². The molecule has 0 saturated carbocycles. The molecule has 0 spiro atoms. The van der Waals surface area contributed by atoms with E-state index in [1.807, 2.05) is 38.1 Å². The second-order valence-corrected chi connectivity index (χ2v) is 2.54. The Morgan fingerprint density at radius 1 is 1.21 bits per heavy atom. The van der Waals surface area contributed by atoms with Crippen molar-refractivity contribution >= 4 is 11.8 Å². The molecule has 0 aliphatic rings. The number of rotatable bonds is 1. The van der Waals surface area contributed by atoms with Crippen LogP contribution in [0.4, 0.5) is 5.69 Å². The van der Waals surface area contributed by atoms with Gasteiger partial charge in [-0.3, -0.25) is 0 Å². The van der Waals surface area contributed by atoms with E-state index in [0.717, 1.165) is 11.3 Å². The molecule has 2 N–H and O–H groups in total. The fraction of sp³-hybridized carbons (Fsp3) is 0.385. The quantitative estimate of drug-likeness (QED) is 0.659. The van der Waals surface area contributed by atoms with Crippen LogP contribution in [-0.4, -0.2) is 0 Å². The molecule has 0 heterocycles. The Bertz CT molecular complexity index is 228. The zero-order chi connectivity index (χ0) is 11.4. The molecular weight excluding hydrogens is 170 g/mol. The zero-order valence-electron chi connectivity index (χ0n) is 9.88. The van der Waals surface area contributed by atoms with Crippen LogP contribution >= 0.6 is 0 Å². The van der Waals surface area contributed by atoms with Gasteiger partial charge in [0.2, 0.25) is 0 Å². The van der Waals surface area contributed by atoms with Crippen molar-refractivity contribution in [3.8, 4) is 0 Å². The summed E-state index contributed by atoms with van der Waals surface area (Å²) in [6, 6.07) is 7.63. The van der Waals surface area contributed by atoms with E-state index in [4.69, 9.17) is 5.73 Å². The van der Waals surface area contributed by atoms with Gasteiger partial charge in [-0.25, -0.2) is 0 Å². The van der Waals surface area contributed by atoms with E-state index in [9.17, 15) is 0 Å². The van der Waals surface area contributed by atoms with E-state index < -0.39 is 0 Å². The lowest BCUT2D eigenvalue weighted by Gasteiger charge is -1.95. The van der Waals surface area contributed by atoms with Crippen molar-refractivity contribution in [2.45, 2.75) is 34.1 Å². The van der Waals surface area contributed by atoms with E-state index in [-0.39, 0.29) is 0 Å². The molecule has 0 aliphatic carbocycles. The second-order valence-electron chi connectivity index (χ2n) is 2.54. The van der Waals surface area contributed by atoms with Crippen LogP contribution in [0.5, 0.6) is 0 Å². The van der Waals surface area contributed by atoms with Crippen molar-refractivity contribution in [2.75, 3.05) is 5.73 Å². The van der Waals surface area contributed by atoms with Crippen molar-refractivity contribution in [1.82, 2.24) is 0 Å². The Hall–Kier alpha value is -1.24. The minimum absolute atomic E-state index is 0.785. The van der Waals surface area contributed by atoms with Gasteiger partial charge in [0.15, 0.2) is 0 Å². The molecule has 0 atom stereocenters. The Morgan fingerprint density at radius 3 is 1.93 bits per heavy atom. The minimum Gasteiger partial charge on any atom is -0.398 e. The van der Waals surface area contributed by atoms with Crippen LogP contribution < -0.4 is 5.73 Å². The maximum Gasteiger partial charge on any atom is 0.0387 e. The summed E-state index contributed by atoms with van der Waals surface area (Å²) in [5.74, 6) is 0. The molecule has 0 unspecified atom stereocenters. The fourth-order valence-electron chi connectivity index (χ4n) is 0.697. The summed E-state index contributed by atoms with van der Waals surface area (Å²) in [5.41, 5.74) is 7.34. The maximum atomic E-state index is 5.56. The van der Waals surface area contributed by atoms with Crippen LogP contribution in [0.15, 0.2) is 30.8 Å². The highest BCUT2D eigenvalue weighted by molar-refractivity contribution is 5.62. The Kier molecular flexibility index (Phi) is 12.8. The lowest BCUT2D eigenvalue weighted by atomic mass is 10.2. The average molecular weight is 193 g/mol. The molecule has 1 aromatic carbocycles. The summed E-state index contributed by atoms with van der Waals surface area (Å²) in [4.78, 5) is 0. The van der Waals surface area contributed by atoms with E-state index in [1.165, 1.54) is 6.42 Å². The maximum absolute atomic E-state index is 5.56. The van der Waals surface area contributed by atoms with Crippen molar-refractivity contribution in [1.29, 1.82) is 0 Å². The predicted molar refractivity (Wildman–Crippen MR) is 68.3 cm³/mol. The number of nitrogens with two attached hydrogens (primary N) is 1. The number of anilines is 1. The van der Waals surface area contributed by atoms with E-state index in [0.29, 0.717) is 0 Å². The molecule has 1 aromatic rings. The number of hydrogen-bond donors (Lipinski definition) is 1. The SMILES string of the molecule is C=Cc1ccccc1N.CC.CCC. The summed E-state index contributed by atoms with van der Waals surface area (Å²) in [7, 11) is 0. The Labute approximate surface area is 88.6 Å². The van der Waals surface area contributed by atoms with Crippen LogP contribution in [0, 0.1) is 0 Å². The van der Waals surface area contributed by atoms with E-state index in [1.54, 1.807) is 6.08 Å². The van der Waals surface area contributed by atoms with Gasteiger partial charge in [-0.05, 0) is 11.6 Å². The minimum atomic E-state index is 0.785. The van der Waals surface area contributed by atoms with Crippen LogP contribution in [-0.2, 0) is 0 Å². The molecule has 1 nitrogen and oxygen atoms in total. The monoisotopic (exact) mass is 193 g/mol. The Balaban J connectivity index is 0. The number of benzene rings is 1. The third-order valence-corrected chi connectivity index (χ3v) is 1.22. The summed E-state index contributed by atoms with van der Waals surface area (Å²) in [5, 5.41) is 0. The molecule has 0 saturated heterocycles. The summed E-state index contributed by atoms with van der Waals surface area (Å²) < 4.78 is 0. The highest BCUT2D eigenvalue weighted by Gasteiger charge is 1.87. The van der Waals surface area contributed by atoms with Crippen LogP contribution in [0.2, 0.25) is 0 Å². The average Bonchev–Trinajstić information content (AvgIpc) is 2.23. The third kappa shape index (κ3) is 7.41. The molecule has 0 fully saturated rings. The normalized spacial score (nSPS) is 7.43. The topological polar surface area (TPSA) is 26.0 Å². The van der Waals surface area contributed by atoms with Crippen LogP contribution in [0.3, 0.4) is 0 Å². The van der Waals surface area contributed by atoms with Crippen molar-refractivity contribution in [2.24, 2.45) is 0 Å². The lowest BCUT2D eigenvalue weighted by Crippen LogP contribution is -1.86. The first-order valence-corrected chi connectivity index (χ1v) is 5.23. The van der Waals surface area contributed by atoms with Crippen molar-refractivity contribution in [3.63, 3.8) is 0 Å². The highest BCUT2D eigenvalue weighted by Crippen LogP contribution is 2.10.